The Morgan fingerprint density at radius 2 is 1.93 bits per heavy atom. The average molecular weight is 383 g/mol. The smallest absolute Gasteiger partial charge is 0.277 e. The standard InChI is InChI=1S/C20H21N3O3S/c1-4-25-17-8-6-5-7-16(17)21-18(24)14(3)27-20-23-22-19(26-20)15-11-9-13(2)10-12-15/h5-12,14H,4H2,1-3H3,(H,21,24)/t14-/m1/s1. The molecule has 3 rings (SSSR count). The number of ether oxygens (including phenoxy) is 1. The van der Waals surface area contributed by atoms with Crippen LogP contribution < -0.4 is 10.1 Å². The highest BCUT2D eigenvalue weighted by molar-refractivity contribution is 8.00. The molecule has 0 unspecified atom stereocenters. The summed E-state index contributed by atoms with van der Waals surface area (Å²) in [5.74, 6) is 0.916. The summed E-state index contributed by atoms with van der Waals surface area (Å²) in [5, 5.41) is 10.9. The molecule has 27 heavy (non-hydrogen) atoms. The first-order valence-electron chi connectivity index (χ1n) is 8.66. The molecule has 0 aliphatic carbocycles. The molecule has 0 spiro atoms. The van der Waals surface area contributed by atoms with Crippen LogP contribution in [0, 0.1) is 6.92 Å². The number of anilines is 1. The molecule has 6 nitrogen and oxygen atoms in total. The number of thioether (sulfide) groups is 1. The summed E-state index contributed by atoms with van der Waals surface area (Å²) in [4.78, 5) is 12.5. The third kappa shape index (κ3) is 4.89. The SMILES string of the molecule is CCOc1ccccc1NC(=O)[C@@H](C)Sc1nnc(-c2ccc(C)cc2)o1. The van der Waals surface area contributed by atoms with Crippen molar-refractivity contribution in [2.24, 2.45) is 0 Å². The number of rotatable bonds is 7. The molecular weight excluding hydrogens is 362 g/mol. The van der Waals surface area contributed by atoms with Gasteiger partial charge in [-0.25, -0.2) is 0 Å². The molecule has 1 heterocycles. The third-order valence-corrected chi connectivity index (χ3v) is 4.73. The van der Waals surface area contributed by atoms with Crippen molar-refractivity contribution < 1.29 is 13.9 Å². The summed E-state index contributed by atoms with van der Waals surface area (Å²) in [5.41, 5.74) is 2.65. The molecule has 0 bridgehead atoms. The van der Waals surface area contributed by atoms with Crippen molar-refractivity contribution >= 4 is 23.4 Å². The van der Waals surface area contributed by atoms with Crippen molar-refractivity contribution in [2.75, 3.05) is 11.9 Å². The molecule has 0 fully saturated rings. The molecule has 140 valence electrons. The number of carbonyl (C=O) groups is 1. The van der Waals surface area contributed by atoms with Crippen LogP contribution in [0.4, 0.5) is 5.69 Å². The van der Waals surface area contributed by atoms with E-state index in [0.29, 0.717) is 29.2 Å². The van der Waals surface area contributed by atoms with Gasteiger partial charge in [0.05, 0.1) is 17.5 Å². The molecule has 1 aromatic heterocycles. The van der Waals surface area contributed by atoms with Crippen LogP contribution in [0.5, 0.6) is 5.75 Å². The van der Waals surface area contributed by atoms with Gasteiger partial charge in [-0.2, -0.15) is 0 Å². The molecule has 0 radical (unpaired) electrons. The fraction of sp³-hybridized carbons (Fsp3) is 0.250. The van der Waals surface area contributed by atoms with E-state index in [1.54, 1.807) is 6.92 Å². The molecule has 1 atom stereocenters. The Kier molecular flexibility index (Phi) is 6.13. The maximum atomic E-state index is 12.5. The monoisotopic (exact) mass is 383 g/mol. The number of para-hydroxylation sites is 2. The number of nitrogens with zero attached hydrogens (tertiary/aromatic N) is 2. The number of amides is 1. The van der Waals surface area contributed by atoms with Crippen LogP contribution in [-0.4, -0.2) is 28.0 Å². The van der Waals surface area contributed by atoms with E-state index >= 15 is 0 Å². The van der Waals surface area contributed by atoms with Crippen LogP contribution in [-0.2, 0) is 4.79 Å². The number of aryl methyl sites for hydroxylation is 1. The number of benzene rings is 2. The summed E-state index contributed by atoms with van der Waals surface area (Å²) in [6, 6.07) is 15.2. The van der Waals surface area contributed by atoms with E-state index < -0.39 is 5.25 Å². The van der Waals surface area contributed by atoms with Gasteiger partial charge in [0.25, 0.3) is 5.22 Å². The minimum Gasteiger partial charge on any atom is -0.492 e. The maximum Gasteiger partial charge on any atom is 0.277 e. The highest BCUT2D eigenvalue weighted by Crippen LogP contribution is 2.28. The Morgan fingerprint density at radius 1 is 1.19 bits per heavy atom. The van der Waals surface area contributed by atoms with Gasteiger partial charge in [0.15, 0.2) is 0 Å². The Balaban J connectivity index is 1.64. The van der Waals surface area contributed by atoms with E-state index in [4.69, 9.17) is 9.15 Å². The first-order valence-corrected chi connectivity index (χ1v) is 9.54. The van der Waals surface area contributed by atoms with E-state index in [-0.39, 0.29) is 5.91 Å². The fourth-order valence-electron chi connectivity index (χ4n) is 2.36. The van der Waals surface area contributed by atoms with Crippen LogP contribution in [0.3, 0.4) is 0 Å². The van der Waals surface area contributed by atoms with Gasteiger partial charge >= 0.3 is 0 Å². The zero-order chi connectivity index (χ0) is 19.2. The number of hydrogen-bond acceptors (Lipinski definition) is 6. The molecular formula is C20H21N3O3S. The molecule has 7 heteroatoms. The van der Waals surface area contributed by atoms with Gasteiger partial charge in [-0.05, 0) is 45.0 Å². The minimum atomic E-state index is -0.411. The van der Waals surface area contributed by atoms with E-state index in [2.05, 4.69) is 15.5 Å². The highest BCUT2D eigenvalue weighted by Gasteiger charge is 2.20. The number of aromatic nitrogens is 2. The Hall–Kier alpha value is -2.80. The molecule has 1 N–H and O–H groups in total. The molecule has 2 aromatic carbocycles. The molecule has 0 saturated heterocycles. The Bertz CT molecular complexity index is 909. The quantitative estimate of drug-likeness (QED) is 0.603. The van der Waals surface area contributed by atoms with Gasteiger partial charge < -0.3 is 14.5 Å². The lowest BCUT2D eigenvalue weighted by molar-refractivity contribution is -0.115. The zero-order valence-electron chi connectivity index (χ0n) is 15.4. The van der Waals surface area contributed by atoms with Crippen LogP contribution in [0.2, 0.25) is 0 Å². The lowest BCUT2D eigenvalue weighted by Crippen LogP contribution is -2.22. The largest absolute Gasteiger partial charge is 0.492 e. The summed E-state index contributed by atoms with van der Waals surface area (Å²) in [6.07, 6.45) is 0. The fourth-order valence-corrected chi connectivity index (χ4v) is 3.04. The highest BCUT2D eigenvalue weighted by atomic mass is 32.2. The van der Waals surface area contributed by atoms with Crippen molar-refractivity contribution in [1.82, 2.24) is 10.2 Å². The van der Waals surface area contributed by atoms with Gasteiger partial charge in [-0.1, -0.05) is 41.6 Å². The van der Waals surface area contributed by atoms with Crippen LogP contribution in [0.1, 0.15) is 19.4 Å². The zero-order valence-corrected chi connectivity index (χ0v) is 16.2. The second kappa shape index (κ2) is 8.73. The van der Waals surface area contributed by atoms with Gasteiger partial charge in [0.1, 0.15) is 5.75 Å². The van der Waals surface area contributed by atoms with Crippen LogP contribution >= 0.6 is 11.8 Å². The minimum absolute atomic E-state index is 0.165. The summed E-state index contributed by atoms with van der Waals surface area (Å²) < 4.78 is 11.2. The van der Waals surface area contributed by atoms with E-state index in [9.17, 15) is 4.79 Å². The topological polar surface area (TPSA) is 77.2 Å². The van der Waals surface area contributed by atoms with E-state index in [1.165, 1.54) is 11.8 Å². The lowest BCUT2D eigenvalue weighted by Gasteiger charge is -2.13. The second-order valence-corrected chi connectivity index (χ2v) is 7.21. The van der Waals surface area contributed by atoms with Gasteiger partial charge in [0.2, 0.25) is 11.8 Å². The summed E-state index contributed by atoms with van der Waals surface area (Å²) >= 11 is 1.22. The first kappa shape index (κ1) is 19.0. The predicted octanol–water partition coefficient (Wildman–Crippen LogP) is 4.56. The van der Waals surface area contributed by atoms with Crippen molar-refractivity contribution in [2.45, 2.75) is 31.2 Å². The lowest BCUT2D eigenvalue weighted by atomic mass is 10.1. The molecule has 0 aliphatic rings. The number of carbonyl (C=O) groups excluding carboxylic acids is 1. The molecule has 3 aromatic rings. The van der Waals surface area contributed by atoms with Gasteiger partial charge in [0, 0.05) is 5.56 Å². The molecule has 1 amide bonds. The summed E-state index contributed by atoms with van der Waals surface area (Å²) in [6.45, 7) is 6.24. The average Bonchev–Trinajstić information content (AvgIpc) is 3.12. The van der Waals surface area contributed by atoms with Gasteiger partial charge in [-0.3, -0.25) is 4.79 Å². The summed E-state index contributed by atoms with van der Waals surface area (Å²) in [7, 11) is 0. The van der Waals surface area contributed by atoms with Crippen molar-refractivity contribution in [1.29, 1.82) is 0 Å². The van der Waals surface area contributed by atoms with E-state index in [0.717, 1.165) is 11.1 Å². The third-order valence-electron chi connectivity index (χ3n) is 3.80. The normalized spacial score (nSPS) is 11.8. The van der Waals surface area contributed by atoms with Crippen LogP contribution in [0.15, 0.2) is 58.2 Å². The van der Waals surface area contributed by atoms with E-state index in [1.807, 2.05) is 62.4 Å². The Labute approximate surface area is 162 Å². The van der Waals surface area contributed by atoms with Crippen molar-refractivity contribution in [3.8, 4) is 17.2 Å². The number of hydrogen-bond donors (Lipinski definition) is 1. The Morgan fingerprint density at radius 3 is 2.67 bits per heavy atom. The molecule has 0 aliphatic heterocycles. The van der Waals surface area contributed by atoms with Crippen molar-refractivity contribution in [3.63, 3.8) is 0 Å². The van der Waals surface area contributed by atoms with Gasteiger partial charge in [-0.15, -0.1) is 10.2 Å². The first-order chi connectivity index (χ1) is 13.1. The molecule has 0 saturated carbocycles. The second-order valence-electron chi connectivity index (χ2n) is 5.92. The predicted molar refractivity (Wildman–Crippen MR) is 106 cm³/mol. The number of nitrogens with one attached hydrogen (secondary N) is 1. The van der Waals surface area contributed by atoms with Crippen molar-refractivity contribution in [3.05, 3.63) is 54.1 Å². The van der Waals surface area contributed by atoms with Crippen LogP contribution in [0.25, 0.3) is 11.5 Å². The maximum absolute atomic E-state index is 12.5.